The molecule has 2 rings (SSSR count). The highest BCUT2D eigenvalue weighted by Crippen LogP contribution is 2.53. The molecule has 0 spiro atoms. The molecule has 3 atom stereocenters. The van der Waals surface area contributed by atoms with Gasteiger partial charge < -0.3 is 20.5 Å². The van der Waals surface area contributed by atoms with Crippen LogP contribution in [0.15, 0.2) is 0 Å². The van der Waals surface area contributed by atoms with Gasteiger partial charge in [-0.25, -0.2) is 4.79 Å². The van der Waals surface area contributed by atoms with Crippen LogP contribution in [0.25, 0.3) is 0 Å². The molecule has 2 aliphatic rings. The number of carbonyl (C=O) groups is 1. The molecule has 0 unspecified atom stereocenters. The number of hydrogen-bond acceptors (Lipinski definition) is 5. The van der Waals surface area contributed by atoms with Crippen molar-refractivity contribution in [2.24, 2.45) is 10.8 Å². The Balaban J connectivity index is 2.16. The number of rotatable bonds is 4. The van der Waals surface area contributed by atoms with Gasteiger partial charge in [0.25, 0.3) is 0 Å². The topological polar surface area (TPSA) is 94.4 Å². The van der Waals surface area contributed by atoms with Crippen molar-refractivity contribution < 1.29 is 14.6 Å². The first-order valence-electron chi connectivity index (χ1n) is 6.13. The first kappa shape index (κ1) is 13.1. The quantitative estimate of drug-likeness (QED) is 0.633. The Labute approximate surface area is 106 Å². The molecule has 0 aromatic carbocycles. The maximum atomic E-state index is 10.6. The van der Waals surface area contributed by atoms with Gasteiger partial charge in [0.1, 0.15) is 6.61 Å². The molecule has 2 saturated heterocycles. The molecule has 0 aromatic heterocycles. The van der Waals surface area contributed by atoms with Crippen LogP contribution in [-0.2, 0) is 4.74 Å². The Bertz CT molecular complexity index is 391. The number of nitrogens with zero attached hydrogens (tertiary/aromatic N) is 1. The second kappa shape index (κ2) is 4.41. The third-order valence-electron chi connectivity index (χ3n) is 4.52. The van der Waals surface area contributed by atoms with E-state index in [2.05, 4.69) is 16.7 Å². The molecule has 0 bridgehead atoms. The molecule has 2 heterocycles. The Morgan fingerprint density at radius 3 is 2.94 bits per heavy atom. The van der Waals surface area contributed by atoms with Gasteiger partial charge in [-0.05, 0) is 0 Å². The predicted octanol–water partition coefficient (Wildman–Crippen LogP) is 0.551. The molecule has 0 aliphatic carbocycles. The summed E-state index contributed by atoms with van der Waals surface area (Å²) in [5.41, 5.74) is -0.398. The lowest BCUT2D eigenvalue weighted by atomic mass is 9.53. The third-order valence-corrected chi connectivity index (χ3v) is 4.52. The SMILES string of the molecule is CC(C)(COC(=O)O)[C@@]12CNC[C@@H]1N[C@@H]2CC#N. The molecule has 2 aliphatic heterocycles. The fourth-order valence-electron chi connectivity index (χ4n) is 3.49. The first-order valence-corrected chi connectivity index (χ1v) is 6.13. The average Bonchev–Trinajstić information content (AvgIpc) is 2.62. The molecule has 18 heavy (non-hydrogen) atoms. The fourth-order valence-corrected chi connectivity index (χ4v) is 3.49. The Kier molecular flexibility index (Phi) is 3.21. The van der Waals surface area contributed by atoms with Gasteiger partial charge >= 0.3 is 6.16 Å². The van der Waals surface area contributed by atoms with E-state index in [-0.39, 0.29) is 23.5 Å². The molecule has 6 heteroatoms. The summed E-state index contributed by atoms with van der Waals surface area (Å²) in [6, 6.07) is 2.60. The minimum atomic E-state index is -1.24. The van der Waals surface area contributed by atoms with Gasteiger partial charge in [0.2, 0.25) is 0 Å². The number of nitrogens with one attached hydrogen (secondary N) is 2. The summed E-state index contributed by atoms with van der Waals surface area (Å²) in [4.78, 5) is 10.6. The molecule has 100 valence electrons. The summed E-state index contributed by atoms with van der Waals surface area (Å²) in [5.74, 6) is 0. The summed E-state index contributed by atoms with van der Waals surface area (Å²) in [6.45, 7) is 5.85. The summed E-state index contributed by atoms with van der Waals surface area (Å²) in [5, 5.41) is 24.3. The standard InChI is InChI=1S/C12H19N3O3/c1-11(2,7-18-10(16)17)12-6-14-5-9(12)15-8(12)3-4-13/h8-9,14-15H,3,5-7H2,1-2H3,(H,16,17)/t8-,9+,12-/m1/s1. The van der Waals surface area contributed by atoms with Crippen LogP contribution in [0, 0.1) is 22.2 Å². The minimum absolute atomic E-state index is 0.0990. The summed E-state index contributed by atoms with van der Waals surface area (Å²) < 4.78 is 4.77. The Hall–Kier alpha value is -1.32. The van der Waals surface area contributed by atoms with E-state index in [1.165, 1.54) is 0 Å². The van der Waals surface area contributed by atoms with Crippen LogP contribution in [-0.4, -0.2) is 43.0 Å². The van der Waals surface area contributed by atoms with Gasteiger partial charge in [0.05, 0.1) is 12.5 Å². The van der Waals surface area contributed by atoms with Crippen molar-refractivity contribution in [1.29, 1.82) is 5.26 Å². The number of carboxylic acid groups (broad SMARTS) is 1. The van der Waals surface area contributed by atoms with E-state index in [0.717, 1.165) is 13.1 Å². The lowest BCUT2D eigenvalue weighted by molar-refractivity contribution is -0.0901. The zero-order chi connectivity index (χ0) is 13.4. The summed E-state index contributed by atoms with van der Waals surface area (Å²) in [7, 11) is 0. The van der Waals surface area contributed by atoms with Gasteiger partial charge in [-0.1, -0.05) is 13.8 Å². The Morgan fingerprint density at radius 1 is 1.67 bits per heavy atom. The van der Waals surface area contributed by atoms with E-state index in [0.29, 0.717) is 12.5 Å². The van der Waals surface area contributed by atoms with Gasteiger partial charge in [-0.15, -0.1) is 0 Å². The van der Waals surface area contributed by atoms with Crippen LogP contribution >= 0.6 is 0 Å². The van der Waals surface area contributed by atoms with Crippen molar-refractivity contribution in [3.8, 4) is 6.07 Å². The molecule has 2 fully saturated rings. The lowest BCUT2D eigenvalue weighted by Gasteiger charge is -2.60. The van der Waals surface area contributed by atoms with Crippen LogP contribution < -0.4 is 10.6 Å². The third kappa shape index (κ3) is 1.74. The molecular formula is C12H19N3O3. The number of fused-ring (bicyclic) bond motifs is 1. The van der Waals surface area contributed by atoms with Crippen molar-refractivity contribution in [1.82, 2.24) is 10.6 Å². The van der Waals surface area contributed by atoms with Crippen molar-refractivity contribution in [3.05, 3.63) is 0 Å². The predicted molar refractivity (Wildman–Crippen MR) is 64.0 cm³/mol. The molecule has 0 radical (unpaired) electrons. The second-order valence-corrected chi connectivity index (χ2v) is 5.74. The average molecular weight is 253 g/mol. The largest absolute Gasteiger partial charge is 0.505 e. The van der Waals surface area contributed by atoms with Crippen molar-refractivity contribution in [2.75, 3.05) is 19.7 Å². The monoisotopic (exact) mass is 253 g/mol. The molecule has 3 N–H and O–H groups in total. The van der Waals surface area contributed by atoms with Crippen LogP contribution in [0.3, 0.4) is 0 Å². The van der Waals surface area contributed by atoms with Gasteiger partial charge in [-0.2, -0.15) is 5.26 Å². The Morgan fingerprint density at radius 2 is 2.39 bits per heavy atom. The maximum absolute atomic E-state index is 10.6. The van der Waals surface area contributed by atoms with Gasteiger partial charge in [0.15, 0.2) is 0 Å². The summed E-state index contributed by atoms with van der Waals surface area (Å²) >= 11 is 0. The minimum Gasteiger partial charge on any atom is -0.450 e. The maximum Gasteiger partial charge on any atom is 0.505 e. The van der Waals surface area contributed by atoms with Crippen LogP contribution in [0.1, 0.15) is 20.3 Å². The van der Waals surface area contributed by atoms with Crippen molar-refractivity contribution in [2.45, 2.75) is 32.4 Å². The van der Waals surface area contributed by atoms with E-state index in [9.17, 15) is 4.79 Å². The molecular weight excluding hydrogens is 234 g/mol. The zero-order valence-corrected chi connectivity index (χ0v) is 10.7. The van der Waals surface area contributed by atoms with Crippen molar-refractivity contribution in [3.63, 3.8) is 0 Å². The van der Waals surface area contributed by atoms with E-state index in [1.807, 2.05) is 13.8 Å². The molecule has 0 amide bonds. The highest BCUT2D eigenvalue weighted by Gasteiger charge is 2.64. The lowest BCUT2D eigenvalue weighted by Crippen LogP contribution is -2.75. The second-order valence-electron chi connectivity index (χ2n) is 5.74. The van der Waals surface area contributed by atoms with E-state index < -0.39 is 6.16 Å². The zero-order valence-electron chi connectivity index (χ0n) is 10.7. The first-order chi connectivity index (χ1) is 8.44. The molecule has 0 aromatic rings. The summed E-state index contributed by atoms with van der Waals surface area (Å²) in [6.07, 6.45) is -0.805. The van der Waals surface area contributed by atoms with Crippen molar-refractivity contribution >= 4 is 6.16 Å². The van der Waals surface area contributed by atoms with Gasteiger partial charge in [0, 0.05) is 36.0 Å². The number of nitriles is 1. The number of hydrogen-bond donors (Lipinski definition) is 3. The van der Waals surface area contributed by atoms with E-state index >= 15 is 0 Å². The van der Waals surface area contributed by atoms with Crippen LogP contribution in [0.5, 0.6) is 0 Å². The van der Waals surface area contributed by atoms with Crippen LogP contribution in [0.4, 0.5) is 4.79 Å². The normalized spacial score (nSPS) is 34.3. The smallest absolute Gasteiger partial charge is 0.450 e. The van der Waals surface area contributed by atoms with Gasteiger partial charge in [-0.3, -0.25) is 0 Å². The fraction of sp³-hybridized carbons (Fsp3) is 0.833. The molecule has 0 saturated carbocycles. The van der Waals surface area contributed by atoms with E-state index in [4.69, 9.17) is 15.1 Å². The number of ether oxygens (including phenoxy) is 1. The van der Waals surface area contributed by atoms with Crippen LogP contribution in [0.2, 0.25) is 0 Å². The highest BCUT2D eigenvalue weighted by molar-refractivity contribution is 5.56. The highest BCUT2D eigenvalue weighted by atomic mass is 16.7. The molecule has 6 nitrogen and oxygen atoms in total. The van der Waals surface area contributed by atoms with E-state index in [1.54, 1.807) is 0 Å².